The molecule has 1 aliphatic heterocycles. The van der Waals surface area contributed by atoms with Gasteiger partial charge in [-0.25, -0.2) is 17.8 Å². The lowest BCUT2D eigenvalue weighted by molar-refractivity contribution is -0.726. The Morgan fingerprint density at radius 3 is 2.38 bits per heavy atom. The number of amides is 1. The van der Waals surface area contributed by atoms with Crippen LogP contribution in [0.15, 0.2) is 64.8 Å². The molecular formula is C25H25F3N6O7S. The van der Waals surface area contributed by atoms with Crippen LogP contribution in [0.5, 0.6) is 0 Å². The maximum Gasteiger partial charge on any atom is 0.435 e. The third kappa shape index (κ3) is 6.96. The number of carbonyl (C=O) groups excluding carboxylic acids is 2. The number of aryl methyl sites for hydroxylation is 1. The fourth-order valence-corrected chi connectivity index (χ4v) is 4.81. The van der Waals surface area contributed by atoms with E-state index in [1.165, 1.54) is 12.1 Å². The van der Waals surface area contributed by atoms with E-state index in [0.717, 1.165) is 33.5 Å². The zero-order valence-corrected chi connectivity index (χ0v) is 23.1. The summed E-state index contributed by atoms with van der Waals surface area (Å²) < 4.78 is 73.5. The molecule has 17 heteroatoms. The number of rotatable bonds is 10. The van der Waals surface area contributed by atoms with E-state index in [9.17, 15) is 36.4 Å². The minimum atomic E-state index is -4.71. The van der Waals surface area contributed by atoms with Crippen LogP contribution in [0.4, 0.5) is 13.2 Å². The summed E-state index contributed by atoms with van der Waals surface area (Å²) in [6, 6.07) is 12.5. The lowest BCUT2D eigenvalue weighted by atomic mass is 10.0. The molecule has 0 saturated carbocycles. The average Bonchev–Trinajstić information content (AvgIpc) is 3.36. The lowest BCUT2D eigenvalue weighted by Gasteiger charge is -2.32. The summed E-state index contributed by atoms with van der Waals surface area (Å²) in [5.41, 5.74) is 0.567. The highest BCUT2D eigenvalue weighted by Gasteiger charge is 2.40. The molecule has 224 valence electrons. The molecule has 1 saturated heterocycles. The van der Waals surface area contributed by atoms with Gasteiger partial charge in [-0.15, -0.1) is 5.01 Å². The predicted molar refractivity (Wildman–Crippen MR) is 138 cm³/mol. The third-order valence-electron chi connectivity index (χ3n) is 6.14. The van der Waals surface area contributed by atoms with Crippen molar-refractivity contribution >= 4 is 21.9 Å². The number of hydrazine groups is 1. The van der Waals surface area contributed by atoms with E-state index in [1.54, 1.807) is 31.2 Å². The summed E-state index contributed by atoms with van der Waals surface area (Å²) in [4.78, 5) is 27.8. The van der Waals surface area contributed by atoms with E-state index in [-0.39, 0.29) is 40.8 Å². The van der Waals surface area contributed by atoms with Crippen LogP contribution < -0.4 is 4.72 Å². The van der Waals surface area contributed by atoms with Gasteiger partial charge >= 0.3 is 12.1 Å². The molecule has 1 fully saturated rings. The number of halogens is 3. The largest absolute Gasteiger partial charge is 0.569 e. The molecule has 4 rings (SSSR count). The van der Waals surface area contributed by atoms with Gasteiger partial charge in [0.2, 0.25) is 11.2 Å². The molecule has 1 N–H and O–H groups in total. The number of esters is 1. The van der Waals surface area contributed by atoms with Gasteiger partial charge in [-0.3, -0.25) is 9.59 Å². The van der Waals surface area contributed by atoms with Crippen molar-refractivity contribution in [1.29, 1.82) is 0 Å². The summed E-state index contributed by atoms with van der Waals surface area (Å²) >= 11 is 0. The van der Waals surface area contributed by atoms with Crippen molar-refractivity contribution in [1.82, 2.24) is 19.5 Å². The first-order chi connectivity index (χ1) is 19.8. The SMILES string of the molecule is CCC(=O)OCO/N=[N+](\[O-])N1CC(C(=O)NS(=O)(=O)c2ccc(-n3nc(C(F)(F)F)cc3-c3ccc(C)cc3)cc2)C1. The zero-order chi connectivity index (χ0) is 30.7. The molecule has 3 aromatic rings. The normalized spacial score (nSPS) is 14.3. The number of nitrogens with one attached hydrogen (secondary N) is 1. The van der Waals surface area contributed by atoms with Gasteiger partial charge in [-0.05, 0) is 37.3 Å². The molecule has 13 nitrogen and oxygen atoms in total. The summed E-state index contributed by atoms with van der Waals surface area (Å²) in [6.45, 7) is 2.51. The molecule has 0 aliphatic carbocycles. The second kappa shape index (κ2) is 12.1. The Balaban J connectivity index is 1.42. The van der Waals surface area contributed by atoms with Crippen molar-refractivity contribution < 1.29 is 45.7 Å². The van der Waals surface area contributed by atoms with E-state index in [2.05, 4.69) is 20.0 Å². The standard InChI is InChI=1S/C25H25F3N6O7S/c1-3-23(35)40-15-41-31-34(37)32-13-18(14-32)24(36)30-42(38,39)20-10-8-19(9-11-20)33-21(12-22(29-33)25(26,27)28)17-6-4-16(2)5-7-17/h4-12,18H,3,13-15H2,1-2H3,(H,30,36)/b34-31-. The molecule has 1 aromatic heterocycles. The van der Waals surface area contributed by atoms with Crippen LogP contribution >= 0.6 is 0 Å². The van der Waals surface area contributed by atoms with E-state index in [0.29, 0.717) is 5.56 Å². The monoisotopic (exact) mass is 610 g/mol. The fourth-order valence-electron chi connectivity index (χ4n) is 3.77. The number of sulfonamides is 1. The van der Waals surface area contributed by atoms with Crippen molar-refractivity contribution in [3.63, 3.8) is 0 Å². The minimum absolute atomic E-state index is 0.0428. The number of ether oxygens (including phenoxy) is 1. The Kier molecular flexibility index (Phi) is 8.70. The van der Waals surface area contributed by atoms with E-state index < -0.39 is 46.5 Å². The molecule has 2 heterocycles. The average molecular weight is 611 g/mol. The Morgan fingerprint density at radius 2 is 1.79 bits per heavy atom. The Bertz CT molecular complexity index is 1580. The van der Waals surface area contributed by atoms with Crippen LogP contribution in [0.3, 0.4) is 0 Å². The number of carbonyl (C=O) groups is 2. The van der Waals surface area contributed by atoms with Crippen molar-refractivity contribution in [3.8, 4) is 16.9 Å². The summed E-state index contributed by atoms with van der Waals surface area (Å²) in [5.74, 6) is -2.28. The maximum absolute atomic E-state index is 13.4. The Morgan fingerprint density at radius 1 is 1.14 bits per heavy atom. The van der Waals surface area contributed by atoms with Gasteiger partial charge in [0, 0.05) is 12.0 Å². The Labute approximate surface area is 237 Å². The van der Waals surface area contributed by atoms with Crippen LogP contribution in [-0.4, -0.2) is 59.9 Å². The van der Waals surface area contributed by atoms with Crippen LogP contribution in [0, 0.1) is 18.0 Å². The quantitative estimate of drug-likeness (QED) is 0.0908. The summed E-state index contributed by atoms with van der Waals surface area (Å²) in [5, 5.41) is 19.7. The first-order valence-electron chi connectivity index (χ1n) is 12.4. The lowest BCUT2D eigenvalue weighted by Crippen LogP contribution is -2.56. The highest BCUT2D eigenvalue weighted by Crippen LogP contribution is 2.33. The summed E-state index contributed by atoms with van der Waals surface area (Å²) in [6.07, 6.45) is -4.59. The number of benzene rings is 2. The van der Waals surface area contributed by atoms with Gasteiger partial charge in [-0.2, -0.15) is 18.3 Å². The molecule has 0 atom stereocenters. The molecule has 42 heavy (non-hydrogen) atoms. The predicted octanol–water partition coefficient (Wildman–Crippen LogP) is 3.32. The van der Waals surface area contributed by atoms with Gasteiger partial charge in [0.05, 0.1) is 40.3 Å². The third-order valence-corrected chi connectivity index (χ3v) is 7.50. The van der Waals surface area contributed by atoms with E-state index in [1.807, 2.05) is 11.6 Å². The van der Waals surface area contributed by atoms with Crippen molar-refractivity contribution in [2.24, 2.45) is 11.2 Å². The number of aromatic nitrogens is 2. The highest BCUT2D eigenvalue weighted by atomic mass is 32.2. The smallest absolute Gasteiger partial charge is 0.435 e. The molecule has 0 spiro atoms. The van der Waals surface area contributed by atoms with Crippen LogP contribution in [0.25, 0.3) is 16.9 Å². The molecule has 1 aliphatic rings. The second-order valence-electron chi connectivity index (χ2n) is 9.17. The molecule has 1 amide bonds. The van der Waals surface area contributed by atoms with Crippen molar-refractivity contribution in [2.75, 3.05) is 19.9 Å². The number of alkyl halides is 3. The molecule has 2 aromatic carbocycles. The fraction of sp³-hybridized carbons (Fsp3) is 0.320. The van der Waals surface area contributed by atoms with E-state index in [4.69, 9.17) is 0 Å². The maximum atomic E-state index is 13.4. The van der Waals surface area contributed by atoms with Gasteiger partial charge in [-0.1, -0.05) is 36.8 Å². The van der Waals surface area contributed by atoms with Gasteiger partial charge in [0.15, 0.2) is 5.69 Å². The van der Waals surface area contributed by atoms with Crippen molar-refractivity contribution in [2.45, 2.75) is 31.3 Å². The Hall–Kier alpha value is -4.67. The first kappa shape index (κ1) is 30.3. The van der Waals surface area contributed by atoms with Crippen LogP contribution in [0.1, 0.15) is 24.6 Å². The number of nitrogens with zero attached hydrogens (tertiary/aromatic N) is 5. The van der Waals surface area contributed by atoms with Crippen LogP contribution in [-0.2, 0) is 35.4 Å². The zero-order valence-electron chi connectivity index (χ0n) is 22.2. The molecule has 0 radical (unpaired) electrons. The van der Waals surface area contributed by atoms with Crippen LogP contribution in [0.2, 0.25) is 0 Å². The van der Waals surface area contributed by atoms with Gasteiger partial charge < -0.3 is 14.8 Å². The first-order valence-corrected chi connectivity index (χ1v) is 13.9. The number of hydrogen-bond acceptors (Lipinski definition) is 9. The topological polar surface area (TPSA) is 158 Å². The van der Waals surface area contributed by atoms with E-state index >= 15 is 0 Å². The van der Waals surface area contributed by atoms with Gasteiger partial charge in [0.25, 0.3) is 16.8 Å². The molecule has 0 bridgehead atoms. The molecule has 0 unspecified atom stereocenters. The minimum Gasteiger partial charge on any atom is -0.569 e. The summed E-state index contributed by atoms with van der Waals surface area (Å²) in [7, 11) is -4.35. The van der Waals surface area contributed by atoms with Crippen molar-refractivity contribution in [3.05, 3.63) is 71.1 Å². The van der Waals surface area contributed by atoms with Gasteiger partial charge in [0.1, 0.15) is 0 Å². The number of hydrogen-bond donors (Lipinski definition) is 1. The molecular weight excluding hydrogens is 585 g/mol. The highest BCUT2D eigenvalue weighted by molar-refractivity contribution is 7.90. The second-order valence-corrected chi connectivity index (χ2v) is 10.9.